The van der Waals surface area contributed by atoms with Crippen molar-refractivity contribution < 1.29 is 9.53 Å². The highest BCUT2D eigenvalue weighted by Gasteiger charge is 2.40. The van der Waals surface area contributed by atoms with Crippen molar-refractivity contribution in [2.24, 2.45) is 5.92 Å². The summed E-state index contributed by atoms with van der Waals surface area (Å²) in [6.07, 6.45) is 4.17. The lowest BCUT2D eigenvalue weighted by molar-refractivity contribution is 0.0218. The molecule has 0 aliphatic carbocycles. The van der Waals surface area contributed by atoms with E-state index in [2.05, 4.69) is 22.1 Å². The number of aromatic nitrogens is 1. The Morgan fingerprint density at radius 2 is 2.08 bits per heavy atom. The summed E-state index contributed by atoms with van der Waals surface area (Å²) in [5.74, 6) is 1.26. The van der Waals surface area contributed by atoms with Gasteiger partial charge in [-0.1, -0.05) is 0 Å². The van der Waals surface area contributed by atoms with E-state index in [1.807, 2.05) is 24.3 Å². The Hall–Kier alpha value is -1.92. The summed E-state index contributed by atoms with van der Waals surface area (Å²) in [7, 11) is 1.60. The van der Waals surface area contributed by atoms with Gasteiger partial charge >= 0.3 is 0 Å². The Labute approximate surface area is 152 Å². The quantitative estimate of drug-likeness (QED) is 0.914. The lowest BCUT2D eigenvalue weighted by Gasteiger charge is -2.49. The molecule has 25 heavy (non-hydrogen) atoms. The maximum Gasteiger partial charge on any atom is 0.261 e. The summed E-state index contributed by atoms with van der Waals surface area (Å²) < 4.78 is 5.09. The summed E-state index contributed by atoms with van der Waals surface area (Å²) in [6, 6.07) is 8.40. The molecule has 0 spiro atoms. The van der Waals surface area contributed by atoms with Crippen LogP contribution in [0.1, 0.15) is 29.4 Å². The normalized spacial score (nSPS) is 27.9. The predicted octanol–water partition coefficient (Wildman–Crippen LogP) is 3.03. The van der Waals surface area contributed by atoms with Gasteiger partial charge < -0.3 is 10.1 Å². The minimum absolute atomic E-state index is 0.0447. The second-order valence-corrected chi connectivity index (χ2v) is 7.95. The van der Waals surface area contributed by atoms with Crippen LogP contribution in [0.25, 0.3) is 10.4 Å². The number of nitrogens with zero attached hydrogens (tertiary/aromatic N) is 2. The average molecular weight is 357 g/mol. The maximum absolute atomic E-state index is 12.7. The van der Waals surface area contributed by atoms with Gasteiger partial charge in [0.25, 0.3) is 5.91 Å². The molecular weight excluding hydrogens is 334 g/mol. The number of ether oxygens (including phenoxy) is 1. The second-order valence-electron chi connectivity index (χ2n) is 6.87. The maximum atomic E-state index is 12.7. The van der Waals surface area contributed by atoms with Crippen LogP contribution < -0.4 is 10.1 Å². The third-order valence-corrected chi connectivity index (χ3v) is 6.67. The number of pyridine rings is 1. The molecule has 2 bridgehead atoms. The summed E-state index contributed by atoms with van der Waals surface area (Å²) in [6.45, 7) is 4.58. The number of methoxy groups -OCH3 is 1. The summed E-state index contributed by atoms with van der Waals surface area (Å²) >= 11 is 1.51. The summed E-state index contributed by atoms with van der Waals surface area (Å²) in [5.41, 5.74) is 1.00. The fraction of sp³-hybridized carbons (Fsp3) is 0.474. The lowest BCUT2D eigenvalue weighted by Crippen LogP contribution is -2.62. The van der Waals surface area contributed by atoms with E-state index in [1.165, 1.54) is 37.3 Å². The van der Waals surface area contributed by atoms with Crippen LogP contribution in [0.3, 0.4) is 0 Å². The van der Waals surface area contributed by atoms with Gasteiger partial charge in [-0.3, -0.25) is 9.69 Å². The topological polar surface area (TPSA) is 54.5 Å². The van der Waals surface area contributed by atoms with Crippen LogP contribution in [0.15, 0.2) is 30.5 Å². The van der Waals surface area contributed by atoms with Gasteiger partial charge in [0.1, 0.15) is 0 Å². The zero-order valence-electron chi connectivity index (χ0n) is 14.6. The summed E-state index contributed by atoms with van der Waals surface area (Å²) in [4.78, 5) is 21.3. The van der Waals surface area contributed by atoms with Crippen molar-refractivity contribution in [1.82, 2.24) is 15.2 Å². The molecule has 2 aromatic heterocycles. The standard InChI is InChI=1S/C19H23N3O2S/c1-12-18(13-7-9-22(12)10-8-13)21-19(23)16-5-4-15(25-16)14-3-6-17(24-2)20-11-14/h3-6,11-13,18H,7-10H2,1-2H3,(H,21,23). The van der Waals surface area contributed by atoms with Crippen molar-refractivity contribution in [2.75, 3.05) is 20.2 Å². The van der Waals surface area contributed by atoms with E-state index in [4.69, 9.17) is 4.74 Å². The molecule has 3 aliphatic rings. The molecule has 6 heteroatoms. The van der Waals surface area contributed by atoms with E-state index in [0.29, 0.717) is 17.8 Å². The highest BCUT2D eigenvalue weighted by molar-refractivity contribution is 7.17. The van der Waals surface area contributed by atoms with Crippen LogP contribution in [-0.4, -0.2) is 48.1 Å². The second kappa shape index (κ2) is 6.77. The van der Waals surface area contributed by atoms with Gasteiger partial charge in [-0.25, -0.2) is 4.98 Å². The van der Waals surface area contributed by atoms with Gasteiger partial charge in [0, 0.05) is 34.8 Å². The van der Waals surface area contributed by atoms with Gasteiger partial charge in [0.15, 0.2) is 0 Å². The average Bonchev–Trinajstić information content (AvgIpc) is 3.15. The number of thiophene rings is 1. The molecule has 2 aromatic rings. The Balaban J connectivity index is 1.47. The number of piperidine rings is 3. The van der Waals surface area contributed by atoms with E-state index < -0.39 is 0 Å². The smallest absolute Gasteiger partial charge is 0.261 e. The van der Waals surface area contributed by atoms with Crippen molar-refractivity contribution in [1.29, 1.82) is 0 Å². The number of amides is 1. The van der Waals surface area contributed by atoms with E-state index in [-0.39, 0.29) is 11.9 Å². The van der Waals surface area contributed by atoms with Crippen molar-refractivity contribution >= 4 is 17.2 Å². The largest absolute Gasteiger partial charge is 0.481 e. The highest BCUT2D eigenvalue weighted by Crippen LogP contribution is 2.33. The Bertz CT molecular complexity index is 748. The first-order valence-electron chi connectivity index (χ1n) is 8.81. The number of fused-ring (bicyclic) bond motifs is 3. The van der Waals surface area contributed by atoms with Crippen molar-refractivity contribution in [2.45, 2.75) is 31.8 Å². The number of hydrogen-bond donors (Lipinski definition) is 1. The Kier molecular flexibility index (Phi) is 4.48. The first kappa shape index (κ1) is 16.5. The van der Waals surface area contributed by atoms with Gasteiger partial charge in [0.2, 0.25) is 5.88 Å². The fourth-order valence-corrected chi connectivity index (χ4v) is 4.93. The van der Waals surface area contributed by atoms with Crippen LogP contribution in [0, 0.1) is 5.92 Å². The molecule has 0 saturated carbocycles. The lowest BCUT2D eigenvalue weighted by atomic mass is 9.79. The van der Waals surface area contributed by atoms with Gasteiger partial charge in [-0.05, 0) is 57.0 Å². The molecule has 2 atom stereocenters. The Morgan fingerprint density at radius 1 is 1.28 bits per heavy atom. The molecule has 5 heterocycles. The first-order valence-corrected chi connectivity index (χ1v) is 9.62. The van der Waals surface area contributed by atoms with Crippen molar-refractivity contribution in [3.8, 4) is 16.3 Å². The molecule has 132 valence electrons. The number of carbonyl (C=O) groups is 1. The SMILES string of the molecule is COc1ccc(-c2ccc(C(=O)NC3C4CCN(CC4)C3C)s2)cn1. The van der Waals surface area contributed by atoms with Crippen LogP contribution in [0.5, 0.6) is 5.88 Å². The van der Waals surface area contributed by atoms with Gasteiger partial charge in [-0.2, -0.15) is 0 Å². The molecule has 1 N–H and O–H groups in total. The molecule has 3 aliphatic heterocycles. The first-order chi connectivity index (χ1) is 12.2. The molecule has 0 radical (unpaired) electrons. The zero-order chi connectivity index (χ0) is 17.4. The van der Waals surface area contributed by atoms with Crippen LogP contribution in [0.2, 0.25) is 0 Å². The zero-order valence-corrected chi connectivity index (χ0v) is 15.4. The third kappa shape index (κ3) is 3.16. The van der Waals surface area contributed by atoms with Crippen molar-refractivity contribution in [3.05, 3.63) is 35.3 Å². The molecule has 0 aromatic carbocycles. The molecule has 2 unspecified atom stereocenters. The molecule has 3 saturated heterocycles. The highest BCUT2D eigenvalue weighted by atomic mass is 32.1. The number of rotatable bonds is 4. The van der Waals surface area contributed by atoms with Gasteiger partial charge in [0.05, 0.1) is 12.0 Å². The van der Waals surface area contributed by atoms with E-state index in [0.717, 1.165) is 15.3 Å². The number of nitrogens with one attached hydrogen (secondary N) is 1. The monoisotopic (exact) mass is 357 g/mol. The molecule has 1 amide bonds. The van der Waals surface area contributed by atoms with Crippen LogP contribution in [0.4, 0.5) is 0 Å². The molecule has 3 fully saturated rings. The predicted molar refractivity (Wildman–Crippen MR) is 99.1 cm³/mol. The van der Waals surface area contributed by atoms with Crippen LogP contribution >= 0.6 is 11.3 Å². The number of hydrogen-bond acceptors (Lipinski definition) is 5. The minimum atomic E-state index is 0.0447. The van der Waals surface area contributed by atoms with E-state index >= 15 is 0 Å². The fourth-order valence-electron chi connectivity index (χ4n) is 4.03. The van der Waals surface area contributed by atoms with E-state index in [1.54, 1.807) is 13.3 Å². The Morgan fingerprint density at radius 3 is 2.72 bits per heavy atom. The summed E-state index contributed by atoms with van der Waals surface area (Å²) in [5, 5.41) is 3.29. The minimum Gasteiger partial charge on any atom is -0.481 e. The van der Waals surface area contributed by atoms with Crippen molar-refractivity contribution in [3.63, 3.8) is 0 Å². The third-order valence-electron chi connectivity index (χ3n) is 5.54. The molecule has 5 rings (SSSR count). The molecular formula is C19H23N3O2S. The number of carbonyl (C=O) groups excluding carboxylic acids is 1. The van der Waals surface area contributed by atoms with Crippen LogP contribution in [-0.2, 0) is 0 Å². The van der Waals surface area contributed by atoms with E-state index in [9.17, 15) is 4.79 Å². The molecule has 5 nitrogen and oxygen atoms in total. The van der Waals surface area contributed by atoms with Gasteiger partial charge in [-0.15, -0.1) is 11.3 Å².